The molecule has 0 fully saturated rings. The Morgan fingerprint density at radius 1 is 0.318 bits per heavy atom. The highest BCUT2D eigenvalue weighted by atomic mass is 19.4. The number of alkyl halides is 12. The molecule has 0 aliphatic carbocycles. The van der Waals surface area contributed by atoms with Crippen LogP contribution in [0.4, 0.5) is 52.7 Å². The first-order valence-corrected chi connectivity index (χ1v) is 12.3. The molecule has 0 heterocycles. The van der Waals surface area contributed by atoms with E-state index in [-0.39, 0.29) is 11.1 Å². The molecule has 0 spiro atoms. The highest BCUT2D eigenvalue weighted by Crippen LogP contribution is 2.58. The van der Waals surface area contributed by atoms with Crippen LogP contribution in [-0.4, -0.2) is 22.6 Å². The van der Waals surface area contributed by atoms with Gasteiger partial charge in [-0.2, -0.15) is 43.9 Å². The maximum absolute atomic E-state index is 15.5. The lowest BCUT2D eigenvalue weighted by Crippen LogP contribution is -2.51. The van der Waals surface area contributed by atoms with Gasteiger partial charge in [-0.15, -0.1) is 0 Å². The number of rotatable bonds is 7. The normalized spacial score (nSPS) is 15.8. The molecule has 2 unspecified atom stereocenters. The van der Waals surface area contributed by atoms with Gasteiger partial charge in [-0.25, -0.2) is 8.78 Å². The van der Waals surface area contributed by atoms with Gasteiger partial charge in [-0.1, -0.05) is 48.5 Å². The van der Waals surface area contributed by atoms with Crippen molar-refractivity contribution in [2.45, 2.75) is 35.5 Å². The van der Waals surface area contributed by atoms with E-state index in [9.17, 15) is 36.6 Å². The maximum Gasteiger partial charge on any atom is 0.433 e. The number of benzene rings is 4. The summed E-state index contributed by atoms with van der Waals surface area (Å²) in [6, 6.07) is 8.53. The molecule has 44 heavy (non-hydrogen) atoms. The van der Waals surface area contributed by atoms with Gasteiger partial charge < -0.3 is 10.2 Å². The molecule has 0 radical (unpaired) electrons. The summed E-state index contributed by atoms with van der Waals surface area (Å²) in [7, 11) is 0. The van der Waals surface area contributed by atoms with Crippen molar-refractivity contribution in [2.24, 2.45) is 0 Å². The van der Waals surface area contributed by atoms with Crippen molar-refractivity contribution < 1.29 is 62.9 Å². The molecule has 0 saturated carbocycles. The third kappa shape index (κ3) is 5.09. The van der Waals surface area contributed by atoms with Crippen LogP contribution in [-0.2, 0) is 23.2 Å². The van der Waals surface area contributed by atoms with Crippen molar-refractivity contribution in [3.63, 3.8) is 0 Å². The minimum atomic E-state index is -6.16. The zero-order chi connectivity index (χ0) is 32.9. The van der Waals surface area contributed by atoms with Gasteiger partial charge in [0.2, 0.25) is 0 Å². The molecule has 0 saturated heterocycles. The minimum Gasteiger partial charge on any atom is -0.508 e. The Morgan fingerprint density at radius 2 is 0.545 bits per heavy atom. The lowest BCUT2D eigenvalue weighted by molar-refractivity contribution is -0.315. The standard InChI is InChI=1S/C30H18F12O2/c31-25(29(37,38)39,27(33,34)21-9-13-23(43)14-10-21)19-5-1-17(2-6-19)18-3-7-20(8-4-18)26(32,30(40,41)42)28(35,36)22-11-15-24(44)16-12-22/h1-16,43-44H. The second kappa shape index (κ2) is 10.7. The van der Waals surface area contributed by atoms with Gasteiger partial charge in [0.05, 0.1) is 0 Å². The van der Waals surface area contributed by atoms with E-state index in [0.29, 0.717) is 72.8 Å². The van der Waals surface area contributed by atoms with E-state index < -0.39 is 69.3 Å². The summed E-state index contributed by atoms with van der Waals surface area (Å²) >= 11 is 0. The van der Waals surface area contributed by atoms with Gasteiger partial charge in [0, 0.05) is 22.3 Å². The number of hydrogen-bond acceptors (Lipinski definition) is 2. The molecular formula is C30H18F12O2. The van der Waals surface area contributed by atoms with Gasteiger partial charge in [0.1, 0.15) is 11.5 Å². The molecule has 14 heteroatoms. The average Bonchev–Trinajstić information content (AvgIpc) is 2.95. The van der Waals surface area contributed by atoms with Crippen LogP contribution < -0.4 is 0 Å². The van der Waals surface area contributed by atoms with Crippen molar-refractivity contribution in [2.75, 3.05) is 0 Å². The van der Waals surface area contributed by atoms with Crippen molar-refractivity contribution in [1.82, 2.24) is 0 Å². The Kier molecular flexibility index (Phi) is 7.89. The molecule has 0 bridgehead atoms. The molecule has 0 aromatic heterocycles. The average molecular weight is 638 g/mol. The largest absolute Gasteiger partial charge is 0.508 e. The van der Waals surface area contributed by atoms with E-state index >= 15 is 26.3 Å². The van der Waals surface area contributed by atoms with Crippen LogP contribution in [0.25, 0.3) is 11.1 Å². The zero-order valence-corrected chi connectivity index (χ0v) is 21.7. The predicted molar refractivity (Wildman–Crippen MR) is 134 cm³/mol. The number of phenols is 2. The second-order valence-electron chi connectivity index (χ2n) is 9.71. The fourth-order valence-electron chi connectivity index (χ4n) is 4.57. The van der Waals surface area contributed by atoms with Crippen molar-refractivity contribution in [3.05, 3.63) is 119 Å². The topological polar surface area (TPSA) is 40.5 Å². The van der Waals surface area contributed by atoms with Gasteiger partial charge in [-0.05, 0) is 59.7 Å². The summed E-state index contributed by atoms with van der Waals surface area (Å²) in [5.74, 6) is -11.5. The zero-order valence-electron chi connectivity index (χ0n) is 21.7. The van der Waals surface area contributed by atoms with Crippen LogP contribution in [0.1, 0.15) is 22.3 Å². The van der Waals surface area contributed by atoms with Crippen LogP contribution in [0.2, 0.25) is 0 Å². The fraction of sp³-hybridized carbons (Fsp3) is 0.200. The highest BCUT2D eigenvalue weighted by molar-refractivity contribution is 5.65. The predicted octanol–water partition coefficient (Wildman–Crippen LogP) is 9.80. The molecule has 0 aliphatic rings. The van der Waals surface area contributed by atoms with E-state index in [4.69, 9.17) is 0 Å². The Bertz CT molecular complexity index is 1470. The van der Waals surface area contributed by atoms with Crippen LogP contribution in [0.15, 0.2) is 97.1 Å². The molecule has 234 valence electrons. The van der Waals surface area contributed by atoms with Crippen LogP contribution >= 0.6 is 0 Å². The van der Waals surface area contributed by atoms with Gasteiger partial charge in [0.15, 0.2) is 0 Å². The first-order valence-electron chi connectivity index (χ1n) is 12.3. The summed E-state index contributed by atoms with van der Waals surface area (Å²) in [6.45, 7) is 0. The Labute approximate surface area is 240 Å². The second-order valence-corrected chi connectivity index (χ2v) is 9.71. The quantitative estimate of drug-likeness (QED) is 0.198. The summed E-state index contributed by atoms with van der Waals surface area (Å²) in [6.07, 6.45) is -12.3. The van der Waals surface area contributed by atoms with Crippen molar-refractivity contribution >= 4 is 0 Å². The molecule has 2 N–H and O–H groups in total. The van der Waals surface area contributed by atoms with E-state index in [1.807, 2.05) is 0 Å². The van der Waals surface area contributed by atoms with Crippen LogP contribution in [0, 0.1) is 0 Å². The summed E-state index contributed by atoms with van der Waals surface area (Å²) < 4.78 is 174. The molecule has 2 atom stereocenters. The molecular weight excluding hydrogens is 620 g/mol. The fourth-order valence-corrected chi connectivity index (χ4v) is 4.57. The van der Waals surface area contributed by atoms with E-state index in [0.717, 1.165) is 24.3 Å². The molecule has 0 aliphatic heterocycles. The van der Waals surface area contributed by atoms with E-state index in [1.165, 1.54) is 0 Å². The minimum absolute atomic E-state index is 0.167. The smallest absolute Gasteiger partial charge is 0.433 e. The number of halogens is 12. The Hall–Kier alpha value is -4.36. The van der Waals surface area contributed by atoms with Gasteiger partial charge in [-0.3, -0.25) is 0 Å². The summed E-state index contributed by atoms with van der Waals surface area (Å²) in [5.41, 5.74) is -16.8. The first kappa shape index (κ1) is 32.6. The monoisotopic (exact) mass is 638 g/mol. The van der Waals surface area contributed by atoms with Gasteiger partial charge in [0.25, 0.3) is 11.3 Å². The number of aromatic hydroxyl groups is 2. The molecule has 0 amide bonds. The van der Waals surface area contributed by atoms with E-state index in [1.54, 1.807) is 0 Å². The lowest BCUT2D eigenvalue weighted by atomic mass is 9.83. The van der Waals surface area contributed by atoms with Crippen LogP contribution in [0.5, 0.6) is 11.5 Å². The Balaban J connectivity index is 1.73. The van der Waals surface area contributed by atoms with Crippen molar-refractivity contribution in [1.29, 1.82) is 0 Å². The SMILES string of the molecule is Oc1ccc(C(F)(F)C(F)(c2ccc(-c3ccc(C(F)(C(F)(F)F)C(F)(F)c4ccc(O)cc4)cc3)cc2)C(F)(F)F)cc1. The van der Waals surface area contributed by atoms with E-state index in [2.05, 4.69) is 0 Å². The third-order valence-corrected chi connectivity index (χ3v) is 7.00. The van der Waals surface area contributed by atoms with Gasteiger partial charge >= 0.3 is 24.2 Å². The number of hydrogen-bond donors (Lipinski definition) is 2. The maximum atomic E-state index is 15.5. The summed E-state index contributed by atoms with van der Waals surface area (Å²) in [5, 5.41) is 18.5. The lowest BCUT2D eigenvalue weighted by Gasteiger charge is -2.36. The summed E-state index contributed by atoms with van der Waals surface area (Å²) in [4.78, 5) is 0. The molecule has 4 aromatic carbocycles. The molecule has 2 nitrogen and oxygen atoms in total. The van der Waals surface area contributed by atoms with Crippen LogP contribution in [0.3, 0.4) is 0 Å². The third-order valence-electron chi connectivity index (χ3n) is 7.00. The molecule has 4 rings (SSSR count). The first-order chi connectivity index (χ1) is 20.2. The van der Waals surface area contributed by atoms with Crippen molar-refractivity contribution in [3.8, 4) is 22.6 Å². The molecule has 4 aromatic rings. The number of phenolic OH excluding ortho intramolecular Hbond substituents is 2. The Morgan fingerprint density at radius 3 is 0.773 bits per heavy atom. The highest BCUT2D eigenvalue weighted by Gasteiger charge is 2.73.